The third-order valence-electron chi connectivity index (χ3n) is 2.89. The van der Waals surface area contributed by atoms with E-state index in [-0.39, 0.29) is 0 Å². The molecule has 0 aromatic heterocycles. The third-order valence-corrected chi connectivity index (χ3v) is 5.90. The lowest BCUT2D eigenvalue weighted by molar-refractivity contribution is 0.600. The first kappa shape index (κ1) is 14.7. The van der Waals surface area contributed by atoms with Gasteiger partial charge in [-0.2, -0.15) is 4.39 Å². The number of rotatable bonds is 3. The summed E-state index contributed by atoms with van der Waals surface area (Å²) in [6.07, 6.45) is 0. The first-order valence-electron chi connectivity index (χ1n) is 5.82. The first-order valence-corrected chi connectivity index (χ1v) is 7.97. The molecule has 4 heteroatoms. The Morgan fingerprint density at radius 1 is 1.05 bits per heavy atom. The summed E-state index contributed by atoms with van der Waals surface area (Å²) in [7, 11) is -0.683. The molecule has 2 rings (SSSR count). The van der Waals surface area contributed by atoms with Crippen LogP contribution in [0.25, 0.3) is 0 Å². The number of hydrogen-bond donors (Lipinski definition) is 0. The van der Waals surface area contributed by atoms with Gasteiger partial charge in [0.15, 0.2) is 9.79 Å². The second kappa shape index (κ2) is 6.17. The van der Waals surface area contributed by atoms with Gasteiger partial charge in [0.1, 0.15) is 5.02 Å². The minimum absolute atomic E-state index is 0.449. The van der Waals surface area contributed by atoms with Gasteiger partial charge in [-0.05, 0) is 32.0 Å². The van der Waals surface area contributed by atoms with Crippen molar-refractivity contribution in [1.82, 2.24) is 0 Å². The van der Waals surface area contributed by atoms with E-state index >= 15 is 0 Å². The second-order valence-corrected chi connectivity index (χ2v) is 6.99. The van der Waals surface area contributed by atoms with E-state index in [1.165, 1.54) is 5.56 Å². The molecule has 0 N–H and O–H groups in total. The predicted molar refractivity (Wildman–Crippen MR) is 82.3 cm³/mol. The van der Waals surface area contributed by atoms with Crippen LogP contribution in [0.5, 0.6) is 0 Å². The SMILES string of the molecule is Cc1ccc([S+](CF)c2cccc(Cl)c2Cl)c(C)c1. The van der Waals surface area contributed by atoms with E-state index in [2.05, 4.69) is 6.07 Å². The van der Waals surface area contributed by atoms with Crippen molar-refractivity contribution >= 4 is 34.1 Å². The van der Waals surface area contributed by atoms with Crippen molar-refractivity contribution in [3.05, 3.63) is 57.6 Å². The Morgan fingerprint density at radius 3 is 2.42 bits per heavy atom. The Morgan fingerprint density at radius 2 is 1.79 bits per heavy atom. The maximum Gasteiger partial charge on any atom is 0.256 e. The smallest absolute Gasteiger partial charge is 0.192 e. The zero-order valence-electron chi connectivity index (χ0n) is 10.7. The average molecular weight is 316 g/mol. The van der Waals surface area contributed by atoms with Crippen LogP contribution in [0, 0.1) is 13.8 Å². The van der Waals surface area contributed by atoms with Gasteiger partial charge in [0, 0.05) is 5.56 Å². The van der Waals surface area contributed by atoms with Crippen molar-refractivity contribution < 1.29 is 4.39 Å². The van der Waals surface area contributed by atoms with E-state index < -0.39 is 16.9 Å². The minimum atomic E-state index is -0.683. The molecule has 2 aromatic rings. The molecule has 19 heavy (non-hydrogen) atoms. The summed E-state index contributed by atoms with van der Waals surface area (Å²) in [5.74, 6) is 0. The third kappa shape index (κ3) is 3.07. The normalized spacial score (nSPS) is 12.5. The first-order chi connectivity index (χ1) is 9.04. The van der Waals surface area contributed by atoms with Crippen LogP contribution >= 0.6 is 23.2 Å². The Balaban J connectivity index is 2.53. The van der Waals surface area contributed by atoms with Gasteiger partial charge in [-0.15, -0.1) is 0 Å². The molecule has 0 radical (unpaired) electrons. The fourth-order valence-electron chi connectivity index (χ4n) is 1.99. The molecule has 0 amide bonds. The highest BCUT2D eigenvalue weighted by Gasteiger charge is 2.30. The summed E-state index contributed by atoms with van der Waals surface area (Å²) < 4.78 is 13.5. The van der Waals surface area contributed by atoms with Crippen molar-refractivity contribution in [2.45, 2.75) is 23.6 Å². The zero-order chi connectivity index (χ0) is 14.0. The highest BCUT2D eigenvalue weighted by Crippen LogP contribution is 2.35. The molecule has 0 aliphatic rings. The Labute approximate surface area is 125 Å². The number of alkyl halides is 1. The van der Waals surface area contributed by atoms with Gasteiger partial charge < -0.3 is 0 Å². The molecular formula is C15H14Cl2FS+. The Bertz CT molecular complexity index is 599. The van der Waals surface area contributed by atoms with Crippen LogP contribution in [0.4, 0.5) is 4.39 Å². The topological polar surface area (TPSA) is 0 Å². The Hall–Kier alpha value is -0.700. The van der Waals surface area contributed by atoms with Gasteiger partial charge in [-0.25, -0.2) is 0 Å². The number of hydrogen-bond acceptors (Lipinski definition) is 0. The average Bonchev–Trinajstić information content (AvgIpc) is 2.37. The molecule has 0 spiro atoms. The van der Waals surface area contributed by atoms with Crippen LogP contribution in [-0.2, 0) is 10.9 Å². The van der Waals surface area contributed by atoms with Gasteiger partial charge in [0.2, 0.25) is 0 Å². The maximum absolute atomic E-state index is 13.5. The number of aryl methyl sites for hydroxylation is 2. The van der Waals surface area contributed by atoms with Crippen molar-refractivity contribution in [2.75, 3.05) is 6.01 Å². The Kier molecular flexibility index (Phi) is 4.77. The van der Waals surface area contributed by atoms with Gasteiger partial charge in [0.25, 0.3) is 6.01 Å². The molecule has 0 bridgehead atoms. The van der Waals surface area contributed by atoms with Crippen molar-refractivity contribution in [3.8, 4) is 0 Å². The van der Waals surface area contributed by atoms with Crippen LogP contribution < -0.4 is 0 Å². The number of halogens is 3. The van der Waals surface area contributed by atoms with Crippen LogP contribution in [-0.4, -0.2) is 6.01 Å². The quantitative estimate of drug-likeness (QED) is 0.649. The van der Waals surface area contributed by atoms with Crippen LogP contribution in [0.1, 0.15) is 11.1 Å². The summed E-state index contributed by atoms with van der Waals surface area (Å²) >= 11 is 12.2. The summed E-state index contributed by atoms with van der Waals surface area (Å²) in [6.45, 7) is 4.02. The lowest BCUT2D eigenvalue weighted by Gasteiger charge is -2.09. The zero-order valence-corrected chi connectivity index (χ0v) is 13.0. The lowest BCUT2D eigenvalue weighted by atomic mass is 10.2. The van der Waals surface area contributed by atoms with Gasteiger partial charge in [0.05, 0.1) is 15.9 Å². The van der Waals surface area contributed by atoms with E-state index in [9.17, 15) is 4.39 Å². The molecular weight excluding hydrogens is 302 g/mol. The van der Waals surface area contributed by atoms with Crippen LogP contribution in [0.15, 0.2) is 46.2 Å². The maximum atomic E-state index is 13.5. The molecule has 0 aliphatic heterocycles. The van der Waals surface area contributed by atoms with E-state index in [0.717, 1.165) is 15.4 Å². The summed E-state index contributed by atoms with van der Waals surface area (Å²) in [5, 5.41) is 0.917. The fourth-order valence-corrected chi connectivity index (χ4v) is 4.34. The number of benzene rings is 2. The van der Waals surface area contributed by atoms with Crippen LogP contribution in [0.2, 0.25) is 10.0 Å². The van der Waals surface area contributed by atoms with Crippen molar-refractivity contribution in [2.24, 2.45) is 0 Å². The second-order valence-electron chi connectivity index (χ2n) is 4.32. The molecule has 0 nitrogen and oxygen atoms in total. The summed E-state index contributed by atoms with van der Waals surface area (Å²) in [5.41, 5.74) is 2.25. The van der Waals surface area contributed by atoms with Crippen molar-refractivity contribution in [1.29, 1.82) is 0 Å². The molecule has 1 atom stereocenters. The van der Waals surface area contributed by atoms with Crippen molar-refractivity contribution in [3.63, 3.8) is 0 Å². The monoisotopic (exact) mass is 315 g/mol. The lowest BCUT2D eigenvalue weighted by Crippen LogP contribution is -2.08. The summed E-state index contributed by atoms with van der Waals surface area (Å²) in [6, 6.07) is 10.9. The molecule has 0 aliphatic carbocycles. The highest BCUT2D eigenvalue weighted by molar-refractivity contribution is 7.97. The predicted octanol–water partition coefficient (Wildman–Crippen LogP) is 5.57. The molecule has 0 heterocycles. The van der Waals surface area contributed by atoms with E-state index in [1.54, 1.807) is 6.07 Å². The van der Waals surface area contributed by atoms with E-state index in [4.69, 9.17) is 23.2 Å². The fraction of sp³-hybridized carbons (Fsp3) is 0.200. The van der Waals surface area contributed by atoms with Gasteiger partial charge in [-0.3, -0.25) is 0 Å². The largest absolute Gasteiger partial charge is 0.256 e. The minimum Gasteiger partial charge on any atom is -0.192 e. The molecule has 100 valence electrons. The van der Waals surface area contributed by atoms with Crippen LogP contribution in [0.3, 0.4) is 0 Å². The molecule has 1 unspecified atom stereocenters. The van der Waals surface area contributed by atoms with E-state index in [0.29, 0.717) is 10.0 Å². The molecule has 0 saturated heterocycles. The van der Waals surface area contributed by atoms with Gasteiger partial charge in [-0.1, -0.05) is 47.0 Å². The highest BCUT2D eigenvalue weighted by atomic mass is 35.5. The molecule has 0 fully saturated rings. The van der Waals surface area contributed by atoms with E-state index in [1.807, 2.05) is 38.1 Å². The molecule has 0 saturated carbocycles. The van der Waals surface area contributed by atoms with Gasteiger partial charge >= 0.3 is 0 Å². The summed E-state index contributed by atoms with van der Waals surface area (Å²) in [4.78, 5) is 1.75. The standard InChI is InChI=1S/C15H14Cl2FS/c1-10-6-7-13(11(2)8-10)19(9-18)14-5-3-4-12(16)15(14)17/h3-8H,9H2,1-2H3/q+1. The molecule has 2 aromatic carbocycles.